The third kappa shape index (κ3) is 3.19. The fraction of sp³-hybridized carbons (Fsp3) is 0.0833. The van der Waals surface area contributed by atoms with Gasteiger partial charge in [0, 0.05) is 6.20 Å². The van der Waals surface area contributed by atoms with Crippen LogP contribution in [0.2, 0.25) is 0 Å². The smallest absolute Gasteiger partial charge is 0.387 e. The molecule has 0 atom stereocenters. The number of rotatable bonds is 4. The van der Waals surface area contributed by atoms with Crippen LogP contribution in [0.25, 0.3) is 0 Å². The molecular formula is C12H8BF2NO2. The minimum atomic E-state index is -2.84. The summed E-state index contributed by atoms with van der Waals surface area (Å²) in [5.41, 5.74) is 0.394. The van der Waals surface area contributed by atoms with Gasteiger partial charge in [-0.1, -0.05) is 6.07 Å². The molecule has 1 aromatic heterocycles. The molecule has 0 saturated carbocycles. The van der Waals surface area contributed by atoms with Gasteiger partial charge >= 0.3 is 6.61 Å². The molecule has 6 heteroatoms. The summed E-state index contributed by atoms with van der Waals surface area (Å²) in [7, 11) is 5.65. The molecule has 2 rings (SSSR count). The highest BCUT2D eigenvalue weighted by atomic mass is 19.3. The largest absolute Gasteiger partial charge is 0.440 e. The summed E-state index contributed by atoms with van der Waals surface area (Å²) in [5.74, 6) is 0.758. The van der Waals surface area contributed by atoms with Gasteiger partial charge in [0.2, 0.25) is 5.88 Å². The molecule has 0 unspecified atom stereocenters. The van der Waals surface area contributed by atoms with E-state index < -0.39 is 6.61 Å². The summed E-state index contributed by atoms with van der Waals surface area (Å²) < 4.78 is 33.5. The molecule has 2 radical (unpaired) electrons. The lowest BCUT2D eigenvalue weighted by molar-refractivity contribution is -0.0498. The molecule has 3 nitrogen and oxygen atoms in total. The Morgan fingerprint density at radius 3 is 2.33 bits per heavy atom. The first-order valence-corrected chi connectivity index (χ1v) is 5.08. The van der Waals surface area contributed by atoms with Crippen LogP contribution < -0.4 is 14.9 Å². The Hall–Kier alpha value is -2.11. The lowest BCUT2D eigenvalue weighted by Gasteiger charge is -2.08. The van der Waals surface area contributed by atoms with Gasteiger partial charge in [0.1, 0.15) is 19.3 Å². The first-order valence-electron chi connectivity index (χ1n) is 5.08. The fourth-order valence-electron chi connectivity index (χ4n) is 1.29. The molecule has 0 aliphatic heterocycles. The van der Waals surface area contributed by atoms with Gasteiger partial charge in [-0.05, 0) is 35.8 Å². The molecule has 0 N–H and O–H groups in total. The van der Waals surface area contributed by atoms with Gasteiger partial charge in [0.05, 0.1) is 0 Å². The molecule has 2 aromatic rings. The number of alkyl halides is 2. The number of halogens is 2. The quantitative estimate of drug-likeness (QED) is 0.776. The van der Waals surface area contributed by atoms with Crippen molar-refractivity contribution in [1.29, 1.82) is 0 Å². The van der Waals surface area contributed by atoms with Crippen molar-refractivity contribution in [3.63, 3.8) is 0 Å². The highest BCUT2D eigenvalue weighted by molar-refractivity contribution is 6.33. The van der Waals surface area contributed by atoms with E-state index in [-0.39, 0.29) is 11.6 Å². The van der Waals surface area contributed by atoms with Crippen molar-refractivity contribution < 1.29 is 18.3 Å². The van der Waals surface area contributed by atoms with Gasteiger partial charge in [0.15, 0.2) is 0 Å². The van der Waals surface area contributed by atoms with Crippen LogP contribution >= 0.6 is 0 Å². The average molecular weight is 247 g/mol. The zero-order valence-electron chi connectivity index (χ0n) is 9.22. The third-order valence-electron chi connectivity index (χ3n) is 2.06. The fourth-order valence-corrected chi connectivity index (χ4v) is 1.29. The van der Waals surface area contributed by atoms with E-state index in [9.17, 15) is 8.78 Å². The van der Waals surface area contributed by atoms with Crippen LogP contribution in [0.3, 0.4) is 0 Å². The van der Waals surface area contributed by atoms with E-state index in [0.29, 0.717) is 11.2 Å². The van der Waals surface area contributed by atoms with Crippen LogP contribution in [0.1, 0.15) is 0 Å². The second-order valence-corrected chi connectivity index (χ2v) is 3.35. The molecule has 90 valence electrons. The Morgan fingerprint density at radius 2 is 1.72 bits per heavy atom. The summed E-state index contributed by atoms with van der Waals surface area (Å²) in [4.78, 5) is 3.95. The molecule has 0 bridgehead atoms. The Bertz CT molecular complexity index is 520. The number of hydrogen-bond acceptors (Lipinski definition) is 3. The van der Waals surface area contributed by atoms with Crippen LogP contribution in [0.4, 0.5) is 8.78 Å². The van der Waals surface area contributed by atoms with Gasteiger partial charge in [0.25, 0.3) is 0 Å². The maximum Gasteiger partial charge on any atom is 0.387 e. The Labute approximate surface area is 104 Å². The topological polar surface area (TPSA) is 31.4 Å². The van der Waals surface area contributed by atoms with E-state index in [2.05, 4.69) is 9.72 Å². The van der Waals surface area contributed by atoms with Crippen LogP contribution in [-0.2, 0) is 0 Å². The first-order chi connectivity index (χ1) is 8.65. The Kier molecular flexibility index (Phi) is 3.77. The maximum absolute atomic E-state index is 11.9. The molecule has 1 aromatic carbocycles. The van der Waals surface area contributed by atoms with Gasteiger partial charge in [-0.3, -0.25) is 0 Å². The monoisotopic (exact) mass is 247 g/mol. The summed E-state index contributed by atoms with van der Waals surface area (Å²) in [6.07, 6.45) is 1.54. The third-order valence-corrected chi connectivity index (χ3v) is 2.06. The normalized spacial score (nSPS) is 10.4. The van der Waals surface area contributed by atoms with Gasteiger partial charge < -0.3 is 9.47 Å². The number of aromatic nitrogens is 1. The lowest BCUT2D eigenvalue weighted by Crippen LogP contribution is -2.07. The molecule has 0 aliphatic carbocycles. The predicted molar refractivity (Wildman–Crippen MR) is 62.8 cm³/mol. The minimum Gasteiger partial charge on any atom is -0.440 e. The summed E-state index contributed by atoms with van der Waals surface area (Å²) in [6.45, 7) is -2.84. The highest BCUT2D eigenvalue weighted by Crippen LogP contribution is 2.22. The van der Waals surface area contributed by atoms with Crippen molar-refractivity contribution in [1.82, 2.24) is 4.98 Å². The van der Waals surface area contributed by atoms with Crippen molar-refractivity contribution >= 4 is 13.3 Å². The number of pyridine rings is 1. The van der Waals surface area contributed by atoms with Crippen LogP contribution in [0, 0.1) is 0 Å². The predicted octanol–water partition coefficient (Wildman–Crippen LogP) is 2.27. The second-order valence-electron chi connectivity index (χ2n) is 3.35. The van der Waals surface area contributed by atoms with Gasteiger partial charge in [-0.25, -0.2) is 4.98 Å². The molecule has 0 spiro atoms. The van der Waals surface area contributed by atoms with Crippen molar-refractivity contribution in [2.24, 2.45) is 0 Å². The zero-order valence-corrected chi connectivity index (χ0v) is 9.22. The first kappa shape index (κ1) is 12.4. The van der Waals surface area contributed by atoms with Gasteiger partial charge in [-0.2, -0.15) is 8.78 Å². The van der Waals surface area contributed by atoms with E-state index in [1.54, 1.807) is 18.3 Å². The van der Waals surface area contributed by atoms with Crippen LogP contribution in [0.15, 0.2) is 42.6 Å². The highest BCUT2D eigenvalue weighted by Gasteiger charge is 2.05. The molecule has 0 aliphatic rings. The van der Waals surface area contributed by atoms with E-state index >= 15 is 0 Å². The van der Waals surface area contributed by atoms with Crippen molar-refractivity contribution in [3.8, 4) is 17.4 Å². The molecule has 1 heterocycles. The molecule has 18 heavy (non-hydrogen) atoms. The second kappa shape index (κ2) is 5.49. The SMILES string of the molecule is [B]c1cccnc1Oc1ccc(OC(F)F)cc1. The van der Waals surface area contributed by atoms with Crippen molar-refractivity contribution in [3.05, 3.63) is 42.6 Å². The summed E-state index contributed by atoms with van der Waals surface area (Å²) in [5, 5.41) is 0. The van der Waals surface area contributed by atoms with Crippen LogP contribution in [-0.4, -0.2) is 19.4 Å². The molecular weight excluding hydrogens is 239 g/mol. The standard InChI is InChI=1S/C12H8BF2NO2/c13-10-2-1-7-16-11(10)17-8-3-5-9(6-4-8)18-12(14)15/h1-7,12H. The lowest BCUT2D eigenvalue weighted by atomic mass is 9.98. The van der Waals surface area contributed by atoms with E-state index in [1.807, 2.05) is 0 Å². The minimum absolute atomic E-state index is 0.0614. The number of benzene rings is 1. The number of ether oxygens (including phenoxy) is 2. The van der Waals surface area contributed by atoms with E-state index in [4.69, 9.17) is 12.6 Å². The van der Waals surface area contributed by atoms with E-state index in [1.165, 1.54) is 24.3 Å². The Balaban J connectivity index is 2.09. The number of hydrogen-bond donors (Lipinski definition) is 0. The Morgan fingerprint density at radius 1 is 1.06 bits per heavy atom. The molecule has 0 fully saturated rings. The zero-order chi connectivity index (χ0) is 13.0. The average Bonchev–Trinajstić information content (AvgIpc) is 2.34. The van der Waals surface area contributed by atoms with E-state index in [0.717, 1.165) is 0 Å². The van der Waals surface area contributed by atoms with Crippen molar-refractivity contribution in [2.75, 3.05) is 0 Å². The molecule has 0 saturated heterocycles. The van der Waals surface area contributed by atoms with Gasteiger partial charge in [-0.15, -0.1) is 0 Å². The molecule has 0 amide bonds. The maximum atomic E-state index is 11.9. The summed E-state index contributed by atoms with van der Waals surface area (Å²) >= 11 is 0. The summed E-state index contributed by atoms with van der Waals surface area (Å²) in [6, 6.07) is 9.07. The number of nitrogens with zero attached hydrogens (tertiary/aromatic N) is 1. The van der Waals surface area contributed by atoms with Crippen molar-refractivity contribution in [2.45, 2.75) is 6.61 Å². The van der Waals surface area contributed by atoms with Crippen LogP contribution in [0.5, 0.6) is 17.4 Å².